The summed E-state index contributed by atoms with van der Waals surface area (Å²) in [4.78, 5) is 10.3. The van der Waals surface area contributed by atoms with Gasteiger partial charge in [-0.15, -0.1) is 0 Å². The van der Waals surface area contributed by atoms with Gasteiger partial charge in [0.05, 0.1) is 4.92 Å². The van der Waals surface area contributed by atoms with Crippen LogP contribution in [0.25, 0.3) is 0 Å². The maximum atomic E-state index is 10.8. The number of hydrogen-bond donors (Lipinski definition) is 1. The second-order valence-corrected chi connectivity index (χ2v) is 5.02. The lowest BCUT2D eigenvalue weighted by molar-refractivity contribution is -0.384. The van der Waals surface area contributed by atoms with Gasteiger partial charge in [0, 0.05) is 12.1 Å². The minimum absolute atomic E-state index is 0.0559. The Kier molecular flexibility index (Phi) is 4.77. The summed E-state index contributed by atoms with van der Waals surface area (Å²) < 4.78 is 5.72. The third-order valence-electron chi connectivity index (χ3n) is 3.03. The van der Waals surface area contributed by atoms with Crippen LogP contribution in [0.2, 0.25) is 5.02 Å². The zero-order chi connectivity index (χ0) is 15.4. The molecule has 0 spiro atoms. The molecule has 6 heteroatoms. The molecular formula is C15H15ClN2O3. The molecule has 0 aromatic heterocycles. The number of nitrogens with two attached hydrogens (primary N) is 1. The van der Waals surface area contributed by atoms with Crippen molar-refractivity contribution in [2.24, 2.45) is 5.73 Å². The zero-order valence-corrected chi connectivity index (χ0v) is 12.3. The highest BCUT2D eigenvalue weighted by atomic mass is 35.5. The first-order chi connectivity index (χ1) is 10.0. The molecule has 2 aromatic rings. The highest BCUT2D eigenvalue weighted by molar-refractivity contribution is 6.32. The van der Waals surface area contributed by atoms with Crippen molar-refractivity contribution >= 4 is 17.3 Å². The van der Waals surface area contributed by atoms with Gasteiger partial charge in [-0.2, -0.15) is 0 Å². The normalized spacial score (nSPS) is 10.4. The van der Waals surface area contributed by atoms with Gasteiger partial charge in [0.15, 0.2) is 0 Å². The van der Waals surface area contributed by atoms with Crippen LogP contribution in [0.3, 0.4) is 0 Å². The molecule has 0 saturated heterocycles. The SMILES string of the molecule is Cc1cc([N+](=O)[O-])c(Cl)cc1Oc1ccc(CCN)cc1. The molecule has 2 N–H and O–H groups in total. The number of aryl methyl sites for hydroxylation is 1. The van der Waals surface area contributed by atoms with Crippen LogP contribution in [0.1, 0.15) is 11.1 Å². The van der Waals surface area contributed by atoms with Crippen LogP contribution in [0.4, 0.5) is 5.69 Å². The van der Waals surface area contributed by atoms with E-state index in [-0.39, 0.29) is 10.7 Å². The first-order valence-electron chi connectivity index (χ1n) is 6.42. The van der Waals surface area contributed by atoms with Crippen LogP contribution in [0, 0.1) is 17.0 Å². The molecule has 0 heterocycles. The summed E-state index contributed by atoms with van der Waals surface area (Å²) >= 11 is 5.89. The number of ether oxygens (including phenoxy) is 1. The van der Waals surface area contributed by atoms with Crippen molar-refractivity contribution in [3.8, 4) is 11.5 Å². The Labute approximate surface area is 127 Å². The van der Waals surface area contributed by atoms with Crippen LogP contribution in [0.15, 0.2) is 36.4 Å². The average molecular weight is 307 g/mol. The summed E-state index contributed by atoms with van der Waals surface area (Å²) in [6.45, 7) is 2.33. The van der Waals surface area contributed by atoms with Gasteiger partial charge in [0.1, 0.15) is 16.5 Å². The average Bonchev–Trinajstić information content (AvgIpc) is 2.44. The van der Waals surface area contributed by atoms with E-state index in [2.05, 4.69) is 0 Å². The quantitative estimate of drug-likeness (QED) is 0.672. The Morgan fingerprint density at radius 3 is 2.52 bits per heavy atom. The lowest BCUT2D eigenvalue weighted by atomic mass is 10.1. The first kappa shape index (κ1) is 15.3. The number of benzene rings is 2. The van der Waals surface area contributed by atoms with Crippen LogP contribution in [0.5, 0.6) is 11.5 Å². The van der Waals surface area contributed by atoms with Gasteiger partial charge in [0.2, 0.25) is 0 Å². The van der Waals surface area contributed by atoms with E-state index in [1.807, 2.05) is 24.3 Å². The lowest BCUT2D eigenvalue weighted by Crippen LogP contribution is -2.02. The molecule has 0 fully saturated rings. The maximum absolute atomic E-state index is 10.8. The molecular weight excluding hydrogens is 292 g/mol. The Morgan fingerprint density at radius 1 is 1.29 bits per heavy atom. The van der Waals surface area contributed by atoms with E-state index in [0.29, 0.717) is 23.6 Å². The summed E-state index contributed by atoms with van der Waals surface area (Å²) in [5, 5.41) is 10.9. The predicted molar refractivity (Wildman–Crippen MR) is 82.1 cm³/mol. The van der Waals surface area contributed by atoms with Crippen molar-refractivity contribution in [1.82, 2.24) is 0 Å². The van der Waals surface area contributed by atoms with Gasteiger partial charge in [-0.3, -0.25) is 10.1 Å². The van der Waals surface area contributed by atoms with Crippen molar-refractivity contribution in [2.75, 3.05) is 6.54 Å². The molecule has 0 unspecified atom stereocenters. The second-order valence-electron chi connectivity index (χ2n) is 4.61. The smallest absolute Gasteiger partial charge is 0.288 e. The molecule has 5 nitrogen and oxygen atoms in total. The Balaban J connectivity index is 2.23. The number of nitro groups is 1. The number of nitrogens with zero attached hydrogens (tertiary/aromatic N) is 1. The minimum atomic E-state index is -0.513. The van der Waals surface area contributed by atoms with E-state index < -0.39 is 4.92 Å². The van der Waals surface area contributed by atoms with Gasteiger partial charge in [-0.25, -0.2) is 0 Å². The number of nitro benzene ring substituents is 1. The van der Waals surface area contributed by atoms with E-state index in [1.165, 1.54) is 12.1 Å². The van der Waals surface area contributed by atoms with Gasteiger partial charge in [-0.05, 0) is 43.1 Å². The highest BCUT2D eigenvalue weighted by Gasteiger charge is 2.16. The summed E-state index contributed by atoms with van der Waals surface area (Å²) in [5.41, 5.74) is 7.15. The molecule has 2 aromatic carbocycles. The fraction of sp³-hybridized carbons (Fsp3) is 0.200. The largest absolute Gasteiger partial charge is 0.457 e. The monoisotopic (exact) mass is 306 g/mol. The van der Waals surface area contributed by atoms with E-state index in [1.54, 1.807) is 6.92 Å². The molecule has 0 radical (unpaired) electrons. The van der Waals surface area contributed by atoms with E-state index in [0.717, 1.165) is 12.0 Å². The molecule has 21 heavy (non-hydrogen) atoms. The molecule has 0 bridgehead atoms. The number of rotatable bonds is 5. The third kappa shape index (κ3) is 3.71. The van der Waals surface area contributed by atoms with E-state index >= 15 is 0 Å². The highest BCUT2D eigenvalue weighted by Crippen LogP contribution is 2.34. The zero-order valence-electron chi connectivity index (χ0n) is 11.5. The van der Waals surface area contributed by atoms with Crippen molar-refractivity contribution in [3.05, 3.63) is 62.7 Å². The molecule has 0 atom stereocenters. The van der Waals surface area contributed by atoms with E-state index in [9.17, 15) is 10.1 Å². The Bertz CT molecular complexity index is 657. The molecule has 2 rings (SSSR count). The van der Waals surface area contributed by atoms with Crippen LogP contribution >= 0.6 is 11.6 Å². The minimum Gasteiger partial charge on any atom is -0.457 e. The van der Waals surface area contributed by atoms with Gasteiger partial charge in [0.25, 0.3) is 5.69 Å². The lowest BCUT2D eigenvalue weighted by Gasteiger charge is -2.10. The number of hydrogen-bond acceptors (Lipinski definition) is 4. The first-order valence-corrected chi connectivity index (χ1v) is 6.80. The Hall–Kier alpha value is -2.11. The molecule has 0 amide bonds. The Morgan fingerprint density at radius 2 is 1.95 bits per heavy atom. The summed E-state index contributed by atoms with van der Waals surface area (Å²) in [7, 11) is 0. The van der Waals surface area contributed by atoms with Crippen LogP contribution in [-0.2, 0) is 6.42 Å². The van der Waals surface area contributed by atoms with Crippen LogP contribution in [-0.4, -0.2) is 11.5 Å². The topological polar surface area (TPSA) is 78.4 Å². The second kappa shape index (κ2) is 6.56. The van der Waals surface area contributed by atoms with Gasteiger partial charge >= 0.3 is 0 Å². The number of halogens is 1. The van der Waals surface area contributed by atoms with Crippen molar-refractivity contribution in [1.29, 1.82) is 0 Å². The van der Waals surface area contributed by atoms with Crippen molar-refractivity contribution in [2.45, 2.75) is 13.3 Å². The fourth-order valence-corrected chi connectivity index (χ4v) is 2.14. The third-order valence-corrected chi connectivity index (χ3v) is 3.33. The fourth-order valence-electron chi connectivity index (χ4n) is 1.92. The van der Waals surface area contributed by atoms with Crippen molar-refractivity contribution < 1.29 is 9.66 Å². The molecule has 110 valence electrons. The molecule has 0 aliphatic carbocycles. The van der Waals surface area contributed by atoms with Gasteiger partial charge in [-0.1, -0.05) is 23.7 Å². The summed E-state index contributed by atoms with van der Waals surface area (Å²) in [6.07, 6.45) is 0.808. The standard InChI is InChI=1S/C15H15ClN2O3/c1-10-8-14(18(19)20)13(16)9-15(10)21-12-4-2-11(3-5-12)6-7-17/h2-5,8-9H,6-7,17H2,1H3. The summed E-state index contributed by atoms with van der Waals surface area (Å²) in [5.74, 6) is 1.14. The van der Waals surface area contributed by atoms with Gasteiger partial charge < -0.3 is 10.5 Å². The predicted octanol–water partition coefficient (Wildman–Crippen LogP) is 3.85. The van der Waals surface area contributed by atoms with Crippen LogP contribution < -0.4 is 10.5 Å². The molecule has 0 saturated carbocycles. The van der Waals surface area contributed by atoms with Crippen molar-refractivity contribution in [3.63, 3.8) is 0 Å². The maximum Gasteiger partial charge on any atom is 0.288 e. The summed E-state index contributed by atoms with van der Waals surface area (Å²) in [6, 6.07) is 10.4. The van der Waals surface area contributed by atoms with E-state index in [4.69, 9.17) is 22.1 Å². The molecule has 0 aliphatic heterocycles. The molecule has 0 aliphatic rings.